The summed E-state index contributed by atoms with van der Waals surface area (Å²) in [6.45, 7) is 0.484. The van der Waals surface area contributed by atoms with Crippen LogP contribution in [0, 0.1) is 10.1 Å². The minimum Gasteiger partial charge on any atom is -0.506 e. The number of rotatable bonds is 4. The maximum absolute atomic E-state index is 10.5. The fraction of sp³-hybridized carbons (Fsp3) is 0.0833. The van der Waals surface area contributed by atoms with Gasteiger partial charge in [-0.2, -0.15) is 0 Å². The zero-order valence-electron chi connectivity index (χ0n) is 9.41. The Hall–Kier alpha value is -2.63. The average molecular weight is 245 g/mol. The van der Waals surface area contributed by atoms with Crippen molar-refractivity contribution in [1.29, 1.82) is 0 Å². The van der Waals surface area contributed by atoms with Crippen molar-refractivity contribution in [2.75, 3.05) is 5.32 Å². The first-order chi connectivity index (χ1) is 8.65. The summed E-state index contributed by atoms with van der Waals surface area (Å²) < 4.78 is 0. The molecule has 18 heavy (non-hydrogen) atoms. The summed E-state index contributed by atoms with van der Waals surface area (Å²) in [4.78, 5) is 14.1. The fourth-order valence-corrected chi connectivity index (χ4v) is 1.41. The van der Waals surface area contributed by atoms with E-state index in [0.29, 0.717) is 6.54 Å². The van der Waals surface area contributed by atoms with Crippen molar-refractivity contribution in [1.82, 2.24) is 4.98 Å². The van der Waals surface area contributed by atoms with Crippen LogP contribution in [0.3, 0.4) is 0 Å². The Balaban J connectivity index is 1.97. The molecule has 0 unspecified atom stereocenters. The van der Waals surface area contributed by atoms with Gasteiger partial charge in [0.1, 0.15) is 5.75 Å². The SMILES string of the molecule is O=[N+]([O-])c1ccc(NCc2ccc(O)cn2)cc1. The summed E-state index contributed by atoms with van der Waals surface area (Å²) in [5, 5.41) is 22.6. The molecule has 2 rings (SSSR count). The van der Waals surface area contributed by atoms with E-state index in [1.165, 1.54) is 18.3 Å². The maximum atomic E-state index is 10.5. The Labute approximate surface area is 103 Å². The van der Waals surface area contributed by atoms with Crippen molar-refractivity contribution in [2.45, 2.75) is 6.54 Å². The van der Waals surface area contributed by atoms with Crippen LogP contribution in [0.5, 0.6) is 5.75 Å². The summed E-state index contributed by atoms with van der Waals surface area (Å²) in [5.74, 6) is 0.120. The van der Waals surface area contributed by atoms with Gasteiger partial charge in [-0.3, -0.25) is 15.1 Å². The first-order valence-corrected chi connectivity index (χ1v) is 5.27. The third kappa shape index (κ3) is 2.94. The Kier molecular flexibility index (Phi) is 3.38. The molecule has 0 bridgehead atoms. The van der Waals surface area contributed by atoms with Gasteiger partial charge in [-0.1, -0.05) is 0 Å². The second-order valence-electron chi connectivity index (χ2n) is 3.67. The molecule has 0 radical (unpaired) electrons. The monoisotopic (exact) mass is 245 g/mol. The third-order valence-electron chi connectivity index (χ3n) is 2.36. The van der Waals surface area contributed by atoms with E-state index in [1.54, 1.807) is 24.3 Å². The van der Waals surface area contributed by atoms with E-state index in [2.05, 4.69) is 10.3 Å². The predicted octanol–water partition coefficient (Wildman–Crippen LogP) is 2.31. The van der Waals surface area contributed by atoms with Crippen LogP contribution in [0.15, 0.2) is 42.6 Å². The van der Waals surface area contributed by atoms with Gasteiger partial charge in [0.2, 0.25) is 0 Å². The van der Waals surface area contributed by atoms with Gasteiger partial charge < -0.3 is 10.4 Å². The number of anilines is 1. The van der Waals surface area contributed by atoms with E-state index in [0.717, 1.165) is 11.4 Å². The number of pyridine rings is 1. The van der Waals surface area contributed by atoms with Gasteiger partial charge in [-0.05, 0) is 24.3 Å². The molecule has 0 spiro atoms. The van der Waals surface area contributed by atoms with Gasteiger partial charge >= 0.3 is 0 Å². The molecule has 1 aromatic heterocycles. The molecule has 0 aliphatic carbocycles. The van der Waals surface area contributed by atoms with E-state index < -0.39 is 4.92 Å². The summed E-state index contributed by atoms with van der Waals surface area (Å²) in [7, 11) is 0. The third-order valence-corrected chi connectivity index (χ3v) is 2.36. The largest absolute Gasteiger partial charge is 0.506 e. The van der Waals surface area contributed by atoms with Crippen LogP contribution in [0.25, 0.3) is 0 Å². The van der Waals surface area contributed by atoms with Gasteiger partial charge in [0.25, 0.3) is 5.69 Å². The van der Waals surface area contributed by atoms with Crippen molar-refractivity contribution >= 4 is 11.4 Å². The minimum absolute atomic E-state index is 0.0586. The molecular weight excluding hydrogens is 234 g/mol. The number of nitrogens with zero attached hydrogens (tertiary/aromatic N) is 2. The predicted molar refractivity (Wildman–Crippen MR) is 66.3 cm³/mol. The van der Waals surface area contributed by atoms with Gasteiger partial charge in [0.15, 0.2) is 0 Å². The van der Waals surface area contributed by atoms with E-state index >= 15 is 0 Å². The zero-order chi connectivity index (χ0) is 13.0. The number of nitro groups is 1. The first kappa shape index (κ1) is 11.8. The van der Waals surface area contributed by atoms with Crippen molar-refractivity contribution in [2.24, 2.45) is 0 Å². The molecule has 0 fully saturated rings. The highest BCUT2D eigenvalue weighted by Gasteiger charge is 2.03. The van der Waals surface area contributed by atoms with Gasteiger partial charge in [-0.15, -0.1) is 0 Å². The van der Waals surface area contributed by atoms with E-state index in [9.17, 15) is 10.1 Å². The van der Waals surface area contributed by atoms with Gasteiger partial charge in [-0.25, -0.2) is 0 Å². The summed E-state index contributed by atoms with van der Waals surface area (Å²) >= 11 is 0. The molecule has 2 aromatic rings. The number of benzene rings is 1. The summed E-state index contributed by atoms with van der Waals surface area (Å²) in [5.41, 5.74) is 1.60. The topological polar surface area (TPSA) is 88.3 Å². The molecule has 0 saturated heterocycles. The van der Waals surface area contributed by atoms with Crippen molar-refractivity contribution in [3.63, 3.8) is 0 Å². The number of aromatic nitrogens is 1. The van der Waals surface area contributed by atoms with Gasteiger partial charge in [0.05, 0.1) is 23.4 Å². The van der Waals surface area contributed by atoms with Gasteiger partial charge in [0, 0.05) is 17.8 Å². The Morgan fingerprint density at radius 2 is 1.94 bits per heavy atom. The lowest BCUT2D eigenvalue weighted by atomic mass is 10.2. The van der Waals surface area contributed by atoms with Crippen LogP contribution >= 0.6 is 0 Å². The molecule has 1 aromatic carbocycles. The molecule has 1 heterocycles. The van der Waals surface area contributed by atoms with E-state index in [4.69, 9.17) is 5.11 Å². The molecule has 0 saturated carbocycles. The smallest absolute Gasteiger partial charge is 0.269 e. The summed E-state index contributed by atoms with van der Waals surface area (Å²) in [6, 6.07) is 9.41. The normalized spacial score (nSPS) is 10.0. The molecular formula is C12H11N3O3. The van der Waals surface area contributed by atoms with E-state index in [-0.39, 0.29) is 11.4 Å². The lowest BCUT2D eigenvalue weighted by Crippen LogP contribution is -2.01. The summed E-state index contributed by atoms with van der Waals surface area (Å²) in [6.07, 6.45) is 1.37. The molecule has 6 nitrogen and oxygen atoms in total. The number of hydrogen-bond donors (Lipinski definition) is 2. The number of nitrogens with one attached hydrogen (secondary N) is 1. The number of non-ortho nitro benzene ring substituents is 1. The van der Waals surface area contributed by atoms with Crippen LogP contribution in [0.4, 0.5) is 11.4 Å². The standard InChI is InChI=1S/C12H11N3O3/c16-12-6-3-10(14-8-12)7-13-9-1-4-11(5-2-9)15(17)18/h1-6,8,13,16H,7H2. The highest BCUT2D eigenvalue weighted by atomic mass is 16.6. The average Bonchev–Trinajstić information content (AvgIpc) is 2.38. The second-order valence-corrected chi connectivity index (χ2v) is 3.67. The van der Waals surface area contributed by atoms with Crippen LogP contribution in [0.2, 0.25) is 0 Å². The molecule has 6 heteroatoms. The lowest BCUT2D eigenvalue weighted by molar-refractivity contribution is -0.384. The molecule has 0 aliphatic heterocycles. The highest BCUT2D eigenvalue weighted by molar-refractivity contribution is 5.48. The van der Waals surface area contributed by atoms with Crippen molar-refractivity contribution in [3.05, 3.63) is 58.4 Å². The fourth-order valence-electron chi connectivity index (χ4n) is 1.41. The first-order valence-electron chi connectivity index (χ1n) is 5.27. The number of nitro benzene ring substituents is 1. The highest BCUT2D eigenvalue weighted by Crippen LogP contribution is 2.16. The van der Waals surface area contributed by atoms with Crippen LogP contribution in [0.1, 0.15) is 5.69 Å². The van der Waals surface area contributed by atoms with E-state index in [1.807, 2.05) is 0 Å². The van der Waals surface area contributed by atoms with Crippen molar-refractivity contribution < 1.29 is 10.0 Å². The van der Waals surface area contributed by atoms with Crippen LogP contribution in [-0.4, -0.2) is 15.0 Å². The second kappa shape index (κ2) is 5.13. The van der Waals surface area contributed by atoms with Crippen LogP contribution < -0.4 is 5.32 Å². The molecule has 2 N–H and O–H groups in total. The number of aromatic hydroxyl groups is 1. The Morgan fingerprint density at radius 3 is 2.50 bits per heavy atom. The zero-order valence-corrected chi connectivity index (χ0v) is 9.41. The molecule has 0 atom stereocenters. The molecule has 92 valence electrons. The van der Waals surface area contributed by atoms with Crippen LogP contribution in [-0.2, 0) is 6.54 Å². The molecule has 0 aliphatic rings. The Bertz CT molecular complexity index is 537. The maximum Gasteiger partial charge on any atom is 0.269 e. The number of hydrogen-bond acceptors (Lipinski definition) is 5. The molecule has 0 amide bonds. The minimum atomic E-state index is -0.439. The lowest BCUT2D eigenvalue weighted by Gasteiger charge is -2.05. The quantitative estimate of drug-likeness (QED) is 0.637. The van der Waals surface area contributed by atoms with Crippen molar-refractivity contribution in [3.8, 4) is 5.75 Å². The Morgan fingerprint density at radius 1 is 1.22 bits per heavy atom.